The lowest BCUT2D eigenvalue weighted by Crippen LogP contribution is -2.01. The molecular weight excluding hydrogens is 314 g/mol. The van der Waals surface area contributed by atoms with Crippen LogP contribution in [0, 0.1) is 0 Å². The number of benzene rings is 1. The first-order valence-corrected chi connectivity index (χ1v) is 8.25. The number of hydrogen-bond acceptors (Lipinski definition) is 7. The van der Waals surface area contributed by atoms with Crippen LogP contribution in [0.3, 0.4) is 0 Å². The fraction of sp³-hybridized carbons (Fsp3) is 0. The van der Waals surface area contributed by atoms with Gasteiger partial charge < -0.3 is 0 Å². The van der Waals surface area contributed by atoms with Crippen LogP contribution < -0.4 is 0 Å². The van der Waals surface area contributed by atoms with Gasteiger partial charge in [-0.05, 0) is 47.8 Å². The summed E-state index contributed by atoms with van der Waals surface area (Å²) in [6.45, 7) is 0. The summed E-state index contributed by atoms with van der Waals surface area (Å²) in [6.07, 6.45) is 1.73. The zero-order chi connectivity index (χ0) is 14.5. The molecule has 0 N–H and O–H groups in total. The molecule has 1 aliphatic rings. The summed E-state index contributed by atoms with van der Waals surface area (Å²) < 4.78 is 0. The number of para-hydroxylation sites is 2. The van der Waals surface area contributed by atoms with Crippen LogP contribution in [0.4, 0.5) is 0 Å². The third-order valence-corrected chi connectivity index (χ3v) is 5.44. The van der Waals surface area contributed by atoms with E-state index in [0.29, 0.717) is 5.65 Å². The molecule has 5 rings (SSSR count). The van der Waals surface area contributed by atoms with E-state index in [4.69, 9.17) is 4.98 Å². The van der Waals surface area contributed by atoms with Crippen molar-refractivity contribution in [3.63, 3.8) is 0 Å². The monoisotopic (exact) mass is 321 g/mol. The molecule has 0 saturated heterocycles. The van der Waals surface area contributed by atoms with E-state index in [2.05, 4.69) is 19.9 Å². The molecule has 1 aliphatic heterocycles. The highest BCUT2D eigenvalue weighted by Crippen LogP contribution is 2.45. The Kier molecular flexibility index (Phi) is 2.59. The molecule has 0 spiro atoms. The number of fused-ring (bicyclic) bond motifs is 4. The summed E-state index contributed by atoms with van der Waals surface area (Å²) in [6, 6.07) is 11.7. The molecule has 4 aromatic rings. The van der Waals surface area contributed by atoms with Gasteiger partial charge in [0.2, 0.25) is 0 Å². The van der Waals surface area contributed by atoms with E-state index in [0.717, 1.165) is 36.7 Å². The highest BCUT2D eigenvalue weighted by atomic mass is 32.2. The fourth-order valence-corrected chi connectivity index (χ4v) is 4.24. The number of nitrogens with zero attached hydrogens (tertiary/aromatic N) is 5. The van der Waals surface area contributed by atoms with Crippen LogP contribution in [0.1, 0.15) is 0 Å². The molecule has 0 amide bonds. The summed E-state index contributed by atoms with van der Waals surface area (Å²) in [5.41, 5.74) is 3.25. The minimum absolute atomic E-state index is 0.659. The second-order valence-corrected chi connectivity index (χ2v) is 6.66. The van der Waals surface area contributed by atoms with Gasteiger partial charge in [0.25, 0.3) is 0 Å². The molecular formula is C15H7N5S2. The standard InChI is InChI=1S/C15H7N5S2/c1-2-5-9-8(4-1)17-12-13(18-9)22-15-14(21-12)19-10-6-3-7-16-11(10)20-15/h1-7H. The molecule has 0 atom stereocenters. The van der Waals surface area contributed by atoms with Crippen molar-refractivity contribution in [3.05, 3.63) is 42.6 Å². The average molecular weight is 321 g/mol. The van der Waals surface area contributed by atoms with Crippen LogP contribution in [-0.2, 0) is 0 Å². The SMILES string of the molecule is c1ccc2nc3c(nc2c1)Sc1nc2cccnc2nc1S3. The summed E-state index contributed by atoms with van der Waals surface area (Å²) in [4.78, 5) is 22.9. The van der Waals surface area contributed by atoms with Gasteiger partial charge in [0.15, 0.2) is 5.65 Å². The van der Waals surface area contributed by atoms with Crippen LogP contribution in [0.15, 0.2) is 62.7 Å². The molecule has 0 saturated carbocycles. The lowest BCUT2D eigenvalue weighted by Gasteiger charge is -2.15. The van der Waals surface area contributed by atoms with Gasteiger partial charge in [0, 0.05) is 6.20 Å². The maximum Gasteiger partial charge on any atom is 0.179 e. The number of rotatable bonds is 0. The van der Waals surface area contributed by atoms with Crippen molar-refractivity contribution in [2.75, 3.05) is 0 Å². The third kappa shape index (κ3) is 1.86. The minimum atomic E-state index is 0.659. The van der Waals surface area contributed by atoms with Crippen molar-refractivity contribution in [2.45, 2.75) is 20.1 Å². The quantitative estimate of drug-likeness (QED) is 0.432. The van der Waals surface area contributed by atoms with E-state index in [1.165, 1.54) is 23.5 Å². The molecule has 0 bridgehead atoms. The summed E-state index contributed by atoms with van der Waals surface area (Å²) in [5.74, 6) is 0. The second-order valence-electron chi connectivity index (χ2n) is 4.71. The molecule has 0 unspecified atom stereocenters. The molecule has 0 radical (unpaired) electrons. The maximum atomic E-state index is 4.69. The first-order chi connectivity index (χ1) is 10.9. The zero-order valence-electron chi connectivity index (χ0n) is 11.1. The van der Waals surface area contributed by atoms with Crippen LogP contribution in [-0.4, -0.2) is 24.9 Å². The largest absolute Gasteiger partial charge is 0.237 e. The van der Waals surface area contributed by atoms with Gasteiger partial charge in [-0.1, -0.05) is 12.1 Å². The number of aromatic nitrogens is 5. The van der Waals surface area contributed by atoms with Crippen molar-refractivity contribution >= 4 is 45.7 Å². The van der Waals surface area contributed by atoms with Gasteiger partial charge in [-0.3, -0.25) is 0 Å². The molecule has 1 aromatic carbocycles. The van der Waals surface area contributed by atoms with Gasteiger partial charge in [-0.15, -0.1) is 0 Å². The van der Waals surface area contributed by atoms with Gasteiger partial charge in [0.1, 0.15) is 25.6 Å². The topological polar surface area (TPSA) is 64.5 Å². The maximum absolute atomic E-state index is 4.69. The predicted octanol–water partition coefficient (Wildman–Crippen LogP) is 3.58. The van der Waals surface area contributed by atoms with E-state index in [9.17, 15) is 0 Å². The Morgan fingerprint density at radius 3 is 1.82 bits per heavy atom. The first kappa shape index (κ1) is 12.3. The highest BCUT2D eigenvalue weighted by Gasteiger charge is 2.23. The third-order valence-electron chi connectivity index (χ3n) is 3.27. The normalized spacial score (nSPS) is 13.1. The van der Waals surface area contributed by atoms with Crippen molar-refractivity contribution in [2.24, 2.45) is 0 Å². The van der Waals surface area contributed by atoms with E-state index in [1.54, 1.807) is 6.20 Å². The van der Waals surface area contributed by atoms with Crippen LogP contribution >= 0.6 is 23.5 Å². The minimum Gasteiger partial charge on any atom is -0.237 e. The van der Waals surface area contributed by atoms with E-state index >= 15 is 0 Å². The van der Waals surface area contributed by atoms with Crippen molar-refractivity contribution < 1.29 is 0 Å². The van der Waals surface area contributed by atoms with Crippen molar-refractivity contribution in [1.29, 1.82) is 0 Å². The molecule has 0 aliphatic carbocycles. The van der Waals surface area contributed by atoms with Crippen LogP contribution in [0.25, 0.3) is 22.2 Å². The molecule has 4 heterocycles. The number of pyridine rings is 1. The number of hydrogen-bond donors (Lipinski definition) is 0. The Balaban J connectivity index is 1.71. The van der Waals surface area contributed by atoms with Gasteiger partial charge in [-0.2, -0.15) is 0 Å². The average Bonchev–Trinajstić information content (AvgIpc) is 2.56. The Morgan fingerprint density at radius 1 is 0.591 bits per heavy atom. The Bertz CT molecular complexity index is 884. The lowest BCUT2D eigenvalue weighted by molar-refractivity contribution is 0.895. The summed E-state index contributed by atoms with van der Waals surface area (Å²) in [7, 11) is 0. The first-order valence-electron chi connectivity index (χ1n) is 6.62. The van der Waals surface area contributed by atoms with Gasteiger partial charge >= 0.3 is 0 Å². The Morgan fingerprint density at radius 2 is 1.14 bits per heavy atom. The smallest absolute Gasteiger partial charge is 0.179 e. The lowest BCUT2D eigenvalue weighted by atomic mass is 10.3. The molecule has 5 nitrogen and oxygen atoms in total. The molecule has 104 valence electrons. The molecule has 7 heteroatoms. The second kappa shape index (κ2) is 4.62. The summed E-state index contributed by atoms with van der Waals surface area (Å²) >= 11 is 3.02. The Labute approximate surface area is 133 Å². The van der Waals surface area contributed by atoms with Gasteiger partial charge in [0.05, 0.1) is 11.0 Å². The highest BCUT2D eigenvalue weighted by molar-refractivity contribution is 8.04. The molecule has 22 heavy (non-hydrogen) atoms. The van der Waals surface area contributed by atoms with Gasteiger partial charge in [-0.25, -0.2) is 24.9 Å². The van der Waals surface area contributed by atoms with Crippen LogP contribution in [0.5, 0.6) is 0 Å². The van der Waals surface area contributed by atoms with Crippen LogP contribution in [0.2, 0.25) is 0 Å². The van der Waals surface area contributed by atoms with E-state index < -0.39 is 0 Å². The Hall–Kier alpha value is -2.25. The summed E-state index contributed by atoms with van der Waals surface area (Å²) in [5, 5.41) is 3.46. The molecule has 3 aromatic heterocycles. The fourth-order valence-electron chi connectivity index (χ4n) is 2.28. The van der Waals surface area contributed by atoms with E-state index in [-0.39, 0.29) is 0 Å². The van der Waals surface area contributed by atoms with Crippen molar-refractivity contribution in [3.8, 4) is 0 Å². The van der Waals surface area contributed by atoms with E-state index in [1.807, 2.05) is 36.4 Å². The predicted molar refractivity (Wildman–Crippen MR) is 85.1 cm³/mol. The zero-order valence-corrected chi connectivity index (χ0v) is 12.7. The van der Waals surface area contributed by atoms with Crippen molar-refractivity contribution in [1.82, 2.24) is 24.9 Å². The molecule has 0 fully saturated rings.